The third-order valence-electron chi connectivity index (χ3n) is 2.20. The van der Waals surface area contributed by atoms with E-state index >= 15 is 0 Å². The number of methoxy groups -OCH3 is 1. The van der Waals surface area contributed by atoms with Crippen LogP contribution in [0.3, 0.4) is 0 Å². The standard InChI is InChI=1S/C12H14N2OS/c1-3-6-13-8-12-14-10-5-4-9(15-2)7-11(10)16-12/h3-5,7,13H,1,6,8H2,2H3. The number of aromatic nitrogens is 1. The van der Waals surface area contributed by atoms with Crippen LogP contribution in [0.2, 0.25) is 0 Å². The third kappa shape index (κ3) is 2.40. The number of thiazole rings is 1. The SMILES string of the molecule is C=CCNCc1nc2ccc(OC)cc2s1. The van der Waals surface area contributed by atoms with Gasteiger partial charge in [-0.3, -0.25) is 0 Å². The zero-order chi connectivity index (χ0) is 11.4. The van der Waals surface area contributed by atoms with Gasteiger partial charge in [-0.05, 0) is 18.2 Å². The van der Waals surface area contributed by atoms with Crippen LogP contribution in [-0.2, 0) is 6.54 Å². The highest BCUT2D eigenvalue weighted by Gasteiger charge is 2.04. The molecule has 2 aromatic rings. The Morgan fingerprint density at radius 2 is 2.44 bits per heavy atom. The summed E-state index contributed by atoms with van der Waals surface area (Å²) in [6, 6.07) is 5.94. The molecule has 1 heterocycles. The number of hydrogen-bond donors (Lipinski definition) is 1. The first-order valence-corrected chi connectivity index (χ1v) is 5.90. The van der Waals surface area contributed by atoms with Crippen LogP contribution in [0.15, 0.2) is 30.9 Å². The maximum atomic E-state index is 5.18. The van der Waals surface area contributed by atoms with Gasteiger partial charge in [-0.25, -0.2) is 4.98 Å². The lowest BCUT2D eigenvalue weighted by Gasteiger charge is -1.96. The first kappa shape index (κ1) is 11.1. The van der Waals surface area contributed by atoms with Crippen LogP contribution in [0.1, 0.15) is 5.01 Å². The quantitative estimate of drug-likeness (QED) is 0.638. The van der Waals surface area contributed by atoms with E-state index in [0.717, 1.165) is 34.1 Å². The zero-order valence-electron chi connectivity index (χ0n) is 9.19. The summed E-state index contributed by atoms with van der Waals surface area (Å²) in [6.45, 7) is 5.25. The molecule has 4 heteroatoms. The van der Waals surface area contributed by atoms with Gasteiger partial charge in [-0.2, -0.15) is 0 Å². The fourth-order valence-electron chi connectivity index (χ4n) is 1.44. The van der Waals surface area contributed by atoms with Crippen LogP contribution in [0.5, 0.6) is 5.75 Å². The van der Waals surface area contributed by atoms with Crippen molar-refractivity contribution in [3.8, 4) is 5.75 Å². The van der Waals surface area contributed by atoms with Crippen LogP contribution in [0.25, 0.3) is 10.2 Å². The Morgan fingerprint density at radius 3 is 3.19 bits per heavy atom. The molecule has 0 atom stereocenters. The molecule has 0 spiro atoms. The summed E-state index contributed by atoms with van der Waals surface area (Å²) in [6.07, 6.45) is 1.84. The van der Waals surface area contributed by atoms with Crippen LogP contribution in [0.4, 0.5) is 0 Å². The normalized spacial score (nSPS) is 10.6. The monoisotopic (exact) mass is 234 g/mol. The van der Waals surface area contributed by atoms with Crippen molar-refractivity contribution in [2.45, 2.75) is 6.54 Å². The Kier molecular flexibility index (Phi) is 3.54. The number of hydrogen-bond acceptors (Lipinski definition) is 4. The number of rotatable bonds is 5. The minimum atomic E-state index is 0.785. The van der Waals surface area contributed by atoms with Gasteiger partial charge in [0.15, 0.2) is 0 Å². The highest BCUT2D eigenvalue weighted by Crippen LogP contribution is 2.26. The van der Waals surface area contributed by atoms with Crippen molar-refractivity contribution in [2.75, 3.05) is 13.7 Å². The van der Waals surface area contributed by atoms with E-state index in [-0.39, 0.29) is 0 Å². The van der Waals surface area contributed by atoms with E-state index in [1.165, 1.54) is 0 Å². The van der Waals surface area contributed by atoms with E-state index in [2.05, 4.69) is 16.9 Å². The fraction of sp³-hybridized carbons (Fsp3) is 0.250. The summed E-state index contributed by atoms with van der Waals surface area (Å²) in [5, 5.41) is 4.33. The molecule has 1 aromatic heterocycles. The van der Waals surface area contributed by atoms with Crippen LogP contribution in [-0.4, -0.2) is 18.6 Å². The van der Waals surface area contributed by atoms with Crippen molar-refractivity contribution in [3.63, 3.8) is 0 Å². The van der Waals surface area contributed by atoms with Gasteiger partial charge in [0.25, 0.3) is 0 Å². The summed E-state index contributed by atoms with van der Waals surface area (Å²) in [5.74, 6) is 0.877. The van der Waals surface area contributed by atoms with E-state index in [9.17, 15) is 0 Å². The second-order valence-electron chi connectivity index (χ2n) is 3.36. The Hall–Kier alpha value is -1.39. The molecule has 0 aliphatic heterocycles. The molecule has 0 fully saturated rings. The third-order valence-corrected chi connectivity index (χ3v) is 3.22. The van der Waals surface area contributed by atoms with Gasteiger partial charge in [0.05, 0.1) is 17.3 Å². The molecular weight excluding hydrogens is 220 g/mol. The summed E-state index contributed by atoms with van der Waals surface area (Å²) in [5.41, 5.74) is 1.03. The van der Waals surface area contributed by atoms with Crippen molar-refractivity contribution >= 4 is 21.6 Å². The number of fused-ring (bicyclic) bond motifs is 1. The molecule has 0 unspecified atom stereocenters. The molecule has 0 aliphatic rings. The van der Waals surface area contributed by atoms with E-state index < -0.39 is 0 Å². The van der Waals surface area contributed by atoms with Crippen molar-refractivity contribution in [1.29, 1.82) is 0 Å². The number of nitrogens with zero attached hydrogens (tertiary/aromatic N) is 1. The van der Waals surface area contributed by atoms with Crippen molar-refractivity contribution in [3.05, 3.63) is 35.9 Å². The molecule has 0 bridgehead atoms. The molecule has 16 heavy (non-hydrogen) atoms. The first-order valence-electron chi connectivity index (χ1n) is 5.08. The molecule has 0 radical (unpaired) electrons. The Morgan fingerprint density at radius 1 is 1.56 bits per heavy atom. The number of ether oxygens (including phenoxy) is 1. The zero-order valence-corrected chi connectivity index (χ0v) is 10.0. The van der Waals surface area contributed by atoms with Crippen LogP contribution < -0.4 is 10.1 Å². The summed E-state index contributed by atoms with van der Waals surface area (Å²) in [4.78, 5) is 4.53. The van der Waals surface area contributed by atoms with Gasteiger partial charge >= 0.3 is 0 Å². The molecule has 1 N–H and O–H groups in total. The predicted molar refractivity (Wildman–Crippen MR) is 68.1 cm³/mol. The van der Waals surface area contributed by atoms with Crippen LogP contribution in [0, 0.1) is 0 Å². The highest BCUT2D eigenvalue weighted by molar-refractivity contribution is 7.18. The average molecular weight is 234 g/mol. The van der Waals surface area contributed by atoms with Crippen LogP contribution >= 0.6 is 11.3 Å². The van der Waals surface area contributed by atoms with Gasteiger partial charge in [0, 0.05) is 13.1 Å². The van der Waals surface area contributed by atoms with Crippen molar-refractivity contribution in [2.24, 2.45) is 0 Å². The largest absolute Gasteiger partial charge is 0.497 e. The molecule has 84 valence electrons. The Labute approximate surface area is 98.8 Å². The van der Waals surface area contributed by atoms with Gasteiger partial charge in [-0.1, -0.05) is 6.08 Å². The molecule has 3 nitrogen and oxygen atoms in total. The molecule has 1 aromatic carbocycles. The maximum absolute atomic E-state index is 5.18. The van der Waals surface area contributed by atoms with Gasteiger partial charge in [0.2, 0.25) is 0 Å². The Bertz CT molecular complexity index is 493. The van der Waals surface area contributed by atoms with E-state index in [0.29, 0.717) is 0 Å². The highest BCUT2D eigenvalue weighted by atomic mass is 32.1. The minimum absolute atomic E-state index is 0.785. The number of benzene rings is 1. The Balaban J connectivity index is 2.19. The van der Waals surface area contributed by atoms with E-state index in [1.807, 2.05) is 24.3 Å². The fourth-order valence-corrected chi connectivity index (χ4v) is 2.40. The molecule has 0 amide bonds. The topological polar surface area (TPSA) is 34.2 Å². The minimum Gasteiger partial charge on any atom is -0.497 e. The lowest BCUT2D eigenvalue weighted by Crippen LogP contribution is -2.11. The van der Waals surface area contributed by atoms with Gasteiger partial charge < -0.3 is 10.1 Å². The van der Waals surface area contributed by atoms with Crippen molar-refractivity contribution < 1.29 is 4.74 Å². The molecular formula is C12H14N2OS. The summed E-state index contributed by atoms with van der Waals surface area (Å²) >= 11 is 1.69. The second kappa shape index (κ2) is 5.09. The van der Waals surface area contributed by atoms with Gasteiger partial charge in [-0.15, -0.1) is 17.9 Å². The van der Waals surface area contributed by atoms with E-state index in [4.69, 9.17) is 4.74 Å². The molecule has 2 rings (SSSR count). The smallest absolute Gasteiger partial charge is 0.120 e. The van der Waals surface area contributed by atoms with Crippen molar-refractivity contribution in [1.82, 2.24) is 10.3 Å². The maximum Gasteiger partial charge on any atom is 0.120 e. The van der Waals surface area contributed by atoms with Gasteiger partial charge in [0.1, 0.15) is 10.8 Å². The first-order chi connectivity index (χ1) is 7.83. The second-order valence-corrected chi connectivity index (χ2v) is 4.48. The lowest BCUT2D eigenvalue weighted by atomic mass is 10.3. The lowest BCUT2D eigenvalue weighted by molar-refractivity contribution is 0.415. The van der Waals surface area contributed by atoms with E-state index in [1.54, 1.807) is 18.4 Å². The number of nitrogens with one attached hydrogen (secondary N) is 1. The molecule has 0 aliphatic carbocycles. The average Bonchev–Trinajstić information content (AvgIpc) is 2.70. The molecule has 0 saturated heterocycles. The predicted octanol–water partition coefficient (Wildman–Crippen LogP) is 2.58. The summed E-state index contributed by atoms with van der Waals surface area (Å²) < 4.78 is 6.34. The molecule has 0 saturated carbocycles. The summed E-state index contributed by atoms with van der Waals surface area (Å²) in [7, 11) is 1.68.